The zero-order chi connectivity index (χ0) is 19.4. The molecule has 0 saturated carbocycles. The number of nitrogens with zero attached hydrogens (tertiary/aromatic N) is 2. The van der Waals surface area contributed by atoms with Crippen molar-refractivity contribution < 1.29 is 14.3 Å². The maximum Gasteiger partial charge on any atom is 0.308 e. The molecule has 1 saturated heterocycles. The van der Waals surface area contributed by atoms with Crippen LogP contribution < -0.4 is 4.74 Å². The number of benzene rings is 2. The molecule has 27 heavy (non-hydrogen) atoms. The molecule has 5 nitrogen and oxygen atoms in total. The Morgan fingerprint density at radius 1 is 0.963 bits per heavy atom. The summed E-state index contributed by atoms with van der Waals surface area (Å²) in [5.74, 6) is -0.182. The number of esters is 1. The fourth-order valence-electron chi connectivity index (χ4n) is 3.33. The number of ether oxygens (including phenoxy) is 1. The van der Waals surface area contributed by atoms with Crippen LogP contribution in [0.15, 0.2) is 42.5 Å². The molecule has 3 rings (SSSR count). The van der Waals surface area contributed by atoms with E-state index in [-0.39, 0.29) is 5.91 Å². The molecule has 0 radical (unpaired) electrons. The normalized spacial score (nSPS) is 14.9. The number of carbonyl (C=O) groups is 2. The van der Waals surface area contributed by atoms with Gasteiger partial charge in [0.05, 0.1) is 5.56 Å². The molecule has 142 valence electrons. The van der Waals surface area contributed by atoms with Gasteiger partial charge in [0.15, 0.2) is 0 Å². The summed E-state index contributed by atoms with van der Waals surface area (Å²) in [6, 6.07) is 13.5. The van der Waals surface area contributed by atoms with Gasteiger partial charge < -0.3 is 9.64 Å². The lowest BCUT2D eigenvalue weighted by Crippen LogP contribution is -2.48. The summed E-state index contributed by atoms with van der Waals surface area (Å²) in [4.78, 5) is 28.3. The van der Waals surface area contributed by atoms with Crippen LogP contribution in [0.25, 0.3) is 0 Å². The SMILES string of the molecule is CC(=O)Oc1ccccc1C(=O)N1CCN(Cc2ccc(C)c(C)c2)CC1. The molecule has 0 atom stereocenters. The van der Waals surface area contributed by atoms with Crippen LogP contribution in [0, 0.1) is 13.8 Å². The van der Waals surface area contributed by atoms with E-state index < -0.39 is 5.97 Å². The molecule has 2 aromatic carbocycles. The molecule has 0 aliphatic carbocycles. The second-order valence-corrected chi connectivity index (χ2v) is 7.08. The van der Waals surface area contributed by atoms with Gasteiger partial charge in [0, 0.05) is 39.6 Å². The van der Waals surface area contributed by atoms with Gasteiger partial charge in [0.1, 0.15) is 5.75 Å². The van der Waals surface area contributed by atoms with Crippen molar-refractivity contribution in [3.05, 3.63) is 64.7 Å². The first-order valence-electron chi connectivity index (χ1n) is 9.29. The number of hydrogen-bond acceptors (Lipinski definition) is 4. The monoisotopic (exact) mass is 366 g/mol. The van der Waals surface area contributed by atoms with Crippen molar-refractivity contribution in [1.82, 2.24) is 9.80 Å². The number of rotatable bonds is 4. The second kappa shape index (κ2) is 8.35. The van der Waals surface area contributed by atoms with Gasteiger partial charge in [-0.05, 0) is 42.7 Å². The standard InChI is InChI=1S/C22H26N2O3/c1-16-8-9-19(14-17(16)2)15-23-10-12-24(13-11-23)22(26)20-6-4-5-7-21(20)27-18(3)25/h4-9,14H,10-13,15H2,1-3H3. The van der Waals surface area contributed by atoms with Crippen molar-refractivity contribution in [2.24, 2.45) is 0 Å². The molecule has 0 unspecified atom stereocenters. The lowest BCUT2D eigenvalue weighted by molar-refractivity contribution is -0.131. The third-order valence-electron chi connectivity index (χ3n) is 5.01. The highest BCUT2D eigenvalue weighted by molar-refractivity contribution is 5.97. The molecule has 5 heteroatoms. The van der Waals surface area contributed by atoms with Crippen LogP contribution in [0.2, 0.25) is 0 Å². The minimum absolute atomic E-state index is 0.0855. The summed E-state index contributed by atoms with van der Waals surface area (Å²) in [7, 11) is 0. The summed E-state index contributed by atoms with van der Waals surface area (Å²) in [6.07, 6.45) is 0. The van der Waals surface area contributed by atoms with Crippen molar-refractivity contribution in [1.29, 1.82) is 0 Å². The Kier molecular flexibility index (Phi) is 5.91. The summed E-state index contributed by atoms with van der Waals surface area (Å²) in [5.41, 5.74) is 4.36. The Morgan fingerprint density at radius 2 is 1.67 bits per heavy atom. The third kappa shape index (κ3) is 4.74. The highest BCUT2D eigenvalue weighted by atomic mass is 16.5. The smallest absolute Gasteiger partial charge is 0.308 e. The van der Waals surface area contributed by atoms with Crippen molar-refractivity contribution >= 4 is 11.9 Å². The summed E-state index contributed by atoms with van der Waals surface area (Å²) in [5, 5.41) is 0. The molecule has 1 heterocycles. The fraction of sp³-hybridized carbons (Fsp3) is 0.364. The summed E-state index contributed by atoms with van der Waals surface area (Å²) in [6.45, 7) is 9.48. The average molecular weight is 366 g/mol. The predicted octanol–water partition coefficient (Wildman–Crippen LogP) is 3.19. The minimum atomic E-state index is -0.423. The van der Waals surface area contributed by atoms with Crippen LogP contribution in [0.5, 0.6) is 5.75 Å². The highest BCUT2D eigenvalue weighted by Crippen LogP contribution is 2.21. The first-order valence-corrected chi connectivity index (χ1v) is 9.29. The lowest BCUT2D eigenvalue weighted by Gasteiger charge is -2.35. The van der Waals surface area contributed by atoms with Crippen LogP contribution in [-0.2, 0) is 11.3 Å². The van der Waals surface area contributed by atoms with Gasteiger partial charge in [0.2, 0.25) is 0 Å². The van der Waals surface area contributed by atoms with E-state index in [2.05, 4.69) is 36.9 Å². The molecule has 1 amide bonds. The number of aryl methyl sites for hydroxylation is 2. The first-order chi connectivity index (χ1) is 12.9. The van der Waals surface area contributed by atoms with Crippen LogP contribution >= 0.6 is 0 Å². The van der Waals surface area contributed by atoms with E-state index in [4.69, 9.17) is 4.74 Å². The molecule has 1 fully saturated rings. The van der Waals surface area contributed by atoms with E-state index >= 15 is 0 Å². The zero-order valence-corrected chi connectivity index (χ0v) is 16.2. The fourth-order valence-corrected chi connectivity index (χ4v) is 3.33. The van der Waals surface area contributed by atoms with E-state index in [1.807, 2.05) is 4.90 Å². The van der Waals surface area contributed by atoms with E-state index in [0.717, 1.165) is 19.6 Å². The zero-order valence-electron chi connectivity index (χ0n) is 16.2. The molecule has 0 spiro atoms. The van der Waals surface area contributed by atoms with Crippen LogP contribution in [0.1, 0.15) is 34.0 Å². The van der Waals surface area contributed by atoms with Gasteiger partial charge in [-0.15, -0.1) is 0 Å². The Bertz CT molecular complexity index is 839. The lowest BCUT2D eigenvalue weighted by atomic mass is 10.1. The van der Waals surface area contributed by atoms with Gasteiger partial charge in [-0.1, -0.05) is 30.3 Å². The Labute approximate surface area is 160 Å². The molecular weight excluding hydrogens is 340 g/mol. The number of para-hydroxylation sites is 1. The van der Waals surface area contributed by atoms with Crippen molar-refractivity contribution in [2.75, 3.05) is 26.2 Å². The molecule has 0 bridgehead atoms. The van der Waals surface area contributed by atoms with Crippen LogP contribution in [0.4, 0.5) is 0 Å². The number of piperazine rings is 1. The maximum absolute atomic E-state index is 12.9. The Hall–Kier alpha value is -2.66. The average Bonchev–Trinajstić information content (AvgIpc) is 2.65. The largest absolute Gasteiger partial charge is 0.426 e. The molecule has 1 aliphatic heterocycles. The molecule has 1 aliphatic rings. The Morgan fingerprint density at radius 3 is 2.33 bits per heavy atom. The highest BCUT2D eigenvalue weighted by Gasteiger charge is 2.24. The van der Waals surface area contributed by atoms with Crippen molar-refractivity contribution in [2.45, 2.75) is 27.3 Å². The molecule has 0 aromatic heterocycles. The van der Waals surface area contributed by atoms with Gasteiger partial charge in [-0.2, -0.15) is 0 Å². The van der Waals surface area contributed by atoms with Gasteiger partial charge in [-0.3, -0.25) is 14.5 Å². The third-order valence-corrected chi connectivity index (χ3v) is 5.01. The van der Waals surface area contributed by atoms with Gasteiger partial charge in [0.25, 0.3) is 5.91 Å². The van der Waals surface area contributed by atoms with Crippen molar-refractivity contribution in [3.8, 4) is 5.75 Å². The number of hydrogen-bond donors (Lipinski definition) is 0. The van der Waals surface area contributed by atoms with E-state index in [1.54, 1.807) is 24.3 Å². The molecular formula is C22H26N2O3. The van der Waals surface area contributed by atoms with Gasteiger partial charge in [-0.25, -0.2) is 0 Å². The van der Waals surface area contributed by atoms with E-state index in [9.17, 15) is 9.59 Å². The van der Waals surface area contributed by atoms with E-state index in [0.29, 0.717) is 24.4 Å². The van der Waals surface area contributed by atoms with Gasteiger partial charge >= 0.3 is 5.97 Å². The Balaban J connectivity index is 1.61. The quantitative estimate of drug-likeness (QED) is 0.616. The molecule has 2 aromatic rings. The first kappa shape index (κ1) is 19.1. The second-order valence-electron chi connectivity index (χ2n) is 7.08. The molecule has 0 N–H and O–H groups in total. The van der Waals surface area contributed by atoms with Crippen molar-refractivity contribution in [3.63, 3.8) is 0 Å². The minimum Gasteiger partial charge on any atom is -0.426 e. The summed E-state index contributed by atoms with van der Waals surface area (Å²) >= 11 is 0. The maximum atomic E-state index is 12.9. The number of carbonyl (C=O) groups excluding carboxylic acids is 2. The van der Waals surface area contributed by atoms with Crippen LogP contribution in [0.3, 0.4) is 0 Å². The van der Waals surface area contributed by atoms with E-state index in [1.165, 1.54) is 23.6 Å². The predicted molar refractivity (Wildman–Crippen MR) is 105 cm³/mol. The topological polar surface area (TPSA) is 49.9 Å². The van der Waals surface area contributed by atoms with Crippen LogP contribution in [-0.4, -0.2) is 47.9 Å². The number of amides is 1. The summed E-state index contributed by atoms with van der Waals surface area (Å²) < 4.78 is 5.18.